The van der Waals surface area contributed by atoms with Gasteiger partial charge in [0.2, 0.25) is 6.10 Å². The molecule has 15 heteroatoms. The van der Waals surface area contributed by atoms with Gasteiger partial charge in [-0.3, -0.25) is 4.79 Å². The van der Waals surface area contributed by atoms with Crippen LogP contribution in [-0.2, 0) is 14.3 Å². The summed E-state index contributed by atoms with van der Waals surface area (Å²) in [6.45, 7) is 0. The molecule has 2 N–H and O–H groups in total. The van der Waals surface area contributed by atoms with Crippen molar-refractivity contribution in [2.45, 2.75) is 33.2 Å². The SMILES string of the molecule is C.C.C.COC(=O)C(Br)c1ccccc1.O=C(O)C(Oc1ccc(Cl)cc1-n1nc2ccccc2n1)c1ccccc1.Oc1ccc(Cl)cc1-n1nc2ccccc2n1. The highest BCUT2D eigenvalue weighted by atomic mass is 79.9. The van der Waals surface area contributed by atoms with Crippen molar-refractivity contribution in [1.29, 1.82) is 0 Å². The maximum atomic E-state index is 11.8. The standard InChI is InChI=1S/C20H14ClN3O3.C12H8ClN3O.C9H9BrO2.3CH4/c21-14-10-11-18(27-19(20(25)26)13-6-2-1-3-7-13)17(12-14)24-22-15-8-4-5-9-16(15)23-24;13-8-5-6-12(17)11(7-8)16-14-9-3-1-2-4-10(9)15-16;1-12-9(11)8(10)7-5-3-2-4-6-7;;;/h1-12,19H,(H,25,26);1-7,17H;2-6,8H,1H3;3*1H4. The number of hydrogen-bond donors (Lipinski definition) is 2. The molecule has 2 atom stereocenters. The molecule has 2 heterocycles. The van der Waals surface area contributed by atoms with Gasteiger partial charge in [-0.2, -0.15) is 0 Å². The molecule has 6 aromatic carbocycles. The van der Waals surface area contributed by atoms with Gasteiger partial charge in [-0.15, -0.1) is 30.0 Å². The number of benzene rings is 6. The number of aromatic nitrogens is 6. The molecular weight excluding hydrogens is 859 g/mol. The minimum Gasteiger partial charge on any atom is -0.506 e. The first-order chi connectivity index (χ1) is 27.1. The highest BCUT2D eigenvalue weighted by Gasteiger charge is 2.24. The molecule has 306 valence electrons. The molecule has 0 radical (unpaired) electrons. The Morgan fingerprint density at radius 1 is 0.610 bits per heavy atom. The van der Waals surface area contributed by atoms with Gasteiger partial charge < -0.3 is 19.7 Å². The normalized spacial score (nSPS) is 11.1. The van der Waals surface area contributed by atoms with Crippen LogP contribution in [0.3, 0.4) is 0 Å². The van der Waals surface area contributed by atoms with Crippen LogP contribution in [-0.4, -0.2) is 59.2 Å². The molecule has 2 unspecified atom stereocenters. The van der Waals surface area contributed by atoms with Crippen molar-refractivity contribution in [1.82, 2.24) is 30.0 Å². The van der Waals surface area contributed by atoms with Crippen molar-refractivity contribution in [2.75, 3.05) is 7.11 Å². The number of carboxylic acid groups (broad SMARTS) is 1. The summed E-state index contributed by atoms with van der Waals surface area (Å²) in [5.41, 5.74) is 5.32. The lowest BCUT2D eigenvalue weighted by molar-refractivity contribution is -0.145. The van der Waals surface area contributed by atoms with Gasteiger partial charge in [-0.25, -0.2) is 4.79 Å². The molecule has 0 spiro atoms. The molecule has 0 saturated heterocycles. The van der Waals surface area contributed by atoms with Crippen LogP contribution < -0.4 is 4.74 Å². The fraction of sp³-hybridized carbons (Fsp3) is 0.136. The Bertz CT molecular complexity index is 2520. The zero-order valence-corrected chi connectivity index (χ0v) is 32.5. The number of carboxylic acids is 1. The van der Waals surface area contributed by atoms with Gasteiger partial charge in [0.1, 0.15) is 49.8 Å². The third-order valence-corrected chi connectivity index (χ3v) is 9.31. The molecule has 2 aromatic heterocycles. The van der Waals surface area contributed by atoms with Crippen molar-refractivity contribution in [3.8, 4) is 22.9 Å². The Hall–Kier alpha value is -6.28. The number of fused-ring (bicyclic) bond motifs is 2. The van der Waals surface area contributed by atoms with Crippen LogP contribution in [0.4, 0.5) is 0 Å². The van der Waals surface area contributed by atoms with E-state index in [1.54, 1.807) is 54.6 Å². The largest absolute Gasteiger partial charge is 0.506 e. The monoisotopic (exact) mass is 900 g/mol. The summed E-state index contributed by atoms with van der Waals surface area (Å²) in [6, 6.07) is 42.7. The summed E-state index contributed by atoms with van der Waals surface area (Å²) < 4.78 is 10.4. The number of phenols is 1. The van der Waals surface area contributed by atoms with Crippen molar-refractivity contribution < 1.29 is 29.3 Å². The van der Waals surface area contributed by atoms with Gasteiger partial charge >= 0.3 is 11.9 Å². The second kappa shape index (κ2) is 22.0. The number of rotatable bonds is 8. The molecule has 12 nitrogen and oxygen atoms in total. The van der Waals surface area contributed by atoms with E-state index < -0.39 is 12.1 Å². The molecule has 0 aliphatic heterocycles. The maximum absolute atomic E-state index is 11.8. The van der Waals surface area contributed by atoms with Crippen LogP contribution in [0.2, 0.25) is 10.0 Å². The molecular formula is C44H43BrCl2N6O6. The van der Waals surface area contributed by atoms with Gasteiger partial charge in [0, 0.05) is 15.6 Å². The molecule has 0 aliphatic carbocycles. The first-order valence-electron chi connectivity index (χ1n) is 16.8. The van der Waals surface area contributed by atoms with E-state index in [0.29, 0.717) is 43.8 Å². The Balaban J connectivity index is 0.000000251. The first kappa shape index (κ1) is 47.1. The predicted molar refractivity (Wildman–Crippen MR) is 237 cm³/mol. The number of aromatic hydroxyl groups is 1. The number of carbonyl (C=O) groups is 2. The molecule has 0 saturated carbocycles. The quantitative estimate of drug-likeness (QED) is 0.111. The van der Waals surface area contributed by atoms with E-state index in [4.69, 9.17) is 27.9 Å². The smallest absolute Gasteiger partial charge is 0.349 e. The molecule has 8 rings (SSSR count). The molecule has 0 bridgehead atoms. The molecule has 8 aromatic rings. The van der Waals surface area contributed by atoms with Crippen LogP contribution in [0.15, 0.2) is 146 Å². The lowest BCUT2D eigenvalue weighted by Crippen LogP contribution is -2.19. The topological polar surface area (TPSA) is 154 Å². The van der Waals surface area contributed by atoms with Crippen molar-refractivity contribution in [2.24, 2.45) is 0 Å². The Labute approximate surface area is 360 Å². The number of methoxy groups -OCH3 is 1. The number of phenolic OH excluding ortho intramolecular Hbond substituents is 1. The van der Waals surface area contributed by atoms with E-state index in [0.717, 1.165) is 16.6 Å². The minimum absolute atomic E-state index is 0. The predicted octanol–water partition coefficient (Wildman–Crippen LogP) is 11.3. The summed E-state index contributed by atoms with van der Waals surface area (Å²) in [6.07, 6.45) is -1.17. The third kappa shape index (κ3) is 11.9. The van der Waals surface area contributed by atoms with Crippen LogP contribution in [0.5, 0.6) is 11.5 Å². The molecule has 0 aliphatic rings. The number of nitrogens with zero attached hydrogens (tertiary/aromatic N) is 6. The fourth-order valence-corrected chi connectivity index (χ4v) is 6.04. The van der Waals surface area contributed by atoms with E-state index >= 15 is 0 Å². The number of carbonyl (C=O) groups excluding carboxylic acids is 1. The third-order valence-electron chi connectivity index (χ3n) is 7.93. The fourth-order valence-electron chi connectivity index (χ4n) is 5.22. The number of halogens is 3. The second-order valence-corrected chi connectivity index (χ2v) is 13.5. The van der Waals surface area contributed by atoms with Gasteiger partial charge in [0.15, 0.2) is 0 Å². The van der Waals surface area contributed by atoms with E-state index in [2.05, 4.69) is 41.1 Å². The van der Waals surface area contributed by atoms with E-state index in [1.165, 1.54) is 22.8 Å². The highest BCUT2D eigenvalue weighted by Crippen LogP contribution is 2.31. The Kier molecular flexibility index (Phi) is 17.6. The molecule has 59 heavy (non-hydrogen) atoms. The van der Waals surface area contributed by atoms with E-state index in [9.17, 15) is 19.8 Å². The van der Waals surface area contributed by atoms with Crippen LogP contribution in [0, 0.1) is 0 Å². The number of esters is 1. The van der Waals surface area contributed by atoms with Gasteiger partial charge in [-0.05, 0) is 66.2 Å². The summed E-state index contributed by atoms with van der Waals surface area (Å²) in [5, 5.41) is 37.8. The van der Waals surface area contributed by atoms with Crippen molar-refractivity contribution in [3.63, 3.8) is 0 Å². The summed E-state index contributed by atoms with van der Waals surface area (Å²) in [7, 11) is 1.37. The van der Waals surface area contributed by atoms with E-state index in [-0.39, 0.29) is 38.8 Å². The number of ether oxygens (including phenoxy) is 2. The van der Waals surface area contributed by atoms with Gasteiger partial charge in [0.05, 0.1) is 7.11 Å². The van der Waals surface area contributed by atoms with E-state index in [1.807, 2.05) is 84.9 Å². The van der Waals surface area contributed by atoms with Crippen LogP contribution in [0.25, 0.3) is 33.4 Å². The summed E-state index contributed by atoms with van der Waals surface area (Å²) in [5.74, 6) is -0.965. The first-order valence-corrected chi connectivity index (χ1v) is 18.4. The Morgan fingerprint density at radius 2 is 1.02 bits per heavy atom. The van der Waals surface area contributed by atoms with Gasteiger partial charge in [-0.1, -0.05) is 146 Å². The van der Waals surface area contributed by atoms with Gasteiger partial charge in [0.25, 0.3) is 0 Å². The second-order valence-electron chi connectivity index (χ2n) is 11.7. The van der Waals surface area contributed by atoms with Crippen LogP contribution in [0.1, 0.15) is 44.3 Å². The van der Waals surface area contributed by atoms with Crippen molar-refractivity contribution >= 4 is 73.1 Å². The highest BCUT2D eigenvalue weighted by molar-refractivity contribution is 9.09. The molecule has 0 fully saturated rings. The summed E-state index contributed by atoms with van der Waals surface area (Å²) in [4.78, 5) is 25.2. The maximum Gasteiger partial charge on any atom is 0.349 e. The van der Waals surface area contributed by atoms with Crippen molar-refractivity contribution in [3.05, 3.63) is 167 Å². The molecule has 0 amide bonds. The Morgan fingerprint density at radius 3 is 1.47 bits per heavy atom. The average Bonchev–Trinajstić information content (AvgIpc) is 3.87. The lowest BCUT2D eigenvalue weighted by Gasteiger charge is -2.17. The zero-order chi connectivity index (χ0) is 39.6. The number of hydrogen-bond acceptors (Lipinski definition) is 9. The minimum atomic E-state index is -1.17. The number of alkyl halides is 1. The van der Waals surface area contributed by atoms with Crippen LogP contribution >= 0.6 is 39.1 Å². The average molecular weight is 903 g/mol. The lowest BCUT2D eigenvalue weighted by atomic mass is 10.1. The number of aliphatic carboxylic acids is 1. The zero-order valence-electron chi connectivity index (χ0n) is 29.4. The summed E-state index contributed by atoms with van der Waals surface area (Å²) >= 11 is 15.3.